The van der Waals surface area contributed by atoms with Crippen LogP contribution in [0.2, 0.25) is 0 Å². The number of hydrogen-bond acceptors (Lipinski definition) is 3. The molecule has 0 spiro atoms. The molecule has 1 aliphatic heterocycles. The first-order chi connectivity index (χ1) is 9.69. The highest BCUT2D eigenvalue weighted by atomic mass is 35.5. The number of fused-ring (bicyclic) bond motifs is 1. The monoisotopic (exact) mass is 292 g/mol. The van der Waals surface area contributed by atoms with Gasteiger partial charge in [-0.1, -0.05) is 6.92 Å². The average Bonchev–Trinajstić information content (AvgIpc) is 3.04. The van der Waals surface area contributed by atoms with Gasteiger partial charge in [-0.05, 0) is 44.5 Å². The quantitative estimate of drug-likeness (QED) is 0.812. The second-order valence-corrected chi connectivity index (χ2v) is 6.25. The highest BCUT2D eigenvalue weighted by Crippen LogP contribution is 2.26. The van der Waals surface area contributed by atoms with E-state index in [9.17, 15) is 0 Å². The van der Waals surface area contributed by atoms with E-state index in [-0.39, 0.29) is 5.38 Å². The van der Waals surface area contributed by atoms with Gasteiger partial charge in [-0.3, -0.25) is 0 Å². The standard InChI is InChI=1S/C15H21ClN4/c1-3-19-8-6-12(9-19)10-20-14(11(2)16)18-13-5-4-7-17-15(13)20/h4-5,7,11-12H,3,6,8-10H2,1-2H3. The minimum atomic E-state index is -0.0899. The molecule has 0 bridgehead atoms. The Kier molecular flexibility index (Phi) is 3.94. The zero-order valence-corrected chi connectivity index (χ0v) is 12.8. The van der Waals surface area contributed by atoms with Gasteiger partial charge < -0.3 is 9.47 Å². The molecule has 0 radical (unpaired) electrons. The molecule has 0 saturated carbocycles. The second-order valence-electron chi connectivity index (χ2n) is 5.59. The van der Waals surface area contributed by atoms with Gasteiger partial charge in [-0.15, -0.1) is 11.6 Å². The first-order valence-corrected chi connectivity index (χ1v) is 7.80. The van der Waals surface area contributed by atoms with Crippen LogP contribution in [-0.2, 0) is 6.54 Å². The fraction of sp³-hybridized carbons (Fsp3) is 0.600. The molecule has 1 aliphatic rings. The van der Waals surface area contributed by atoms with Gasteiger partial charge in [0, 0.05) is 19.3 Å². The van der Waals surface area contributed by atoms with Crippen LogP contribution in [0.25, 0.3) is 11.2 Å². The van der Waals surface area contributed by atoms with Gasteiger partial charge >= 0.3 is 0 Å². The fourth-order valence-corrected chi connectivity index (χ4v) is 3.23. The van der Waals surface area contributed by atoms with Crippen molar-refractivity contribution in [3.05, 3.63) is 24.2 Å². The maximum absolute atomic E-state index is 6.30. The minimum Gasteiger partial charge on any atom is -0.311 e. The van der Waals surface area contributed by atoms with Crippen molar-refractivity contribution in [3.8, 4) is 0 Å². The Balaban J connectivity index is 1.91. The van der Waals surface area contributed by atoms with Crippen LogP contribution in [0.4, 0.5) is 0 Å². The summed E-state index contributed by atoms with van der Waals surface area (Å²) in [7, 11) is 0. The lowest BCUT2D eigenvalue weighted by molar-refractivity contribution is 0.332. The smallest absolute Gasteiger partial charge is 0.160 e. The lowest BCUT2D eigenvalue weighted by Gasteiger charge is -2.16. The number of hydrogen-bond donors (Lipinski definition) is 0. The molecule has 5 heteroatoms. The Hall–Kier alpha value is -1.13. The van der Waals surface area contributed by atoms with Gasteiger partial charge in [0.2, 0.25) is 0 Å². The predicted molar refractivity (Wildman–Crippen MR) is 82.0 cm³/mol. The Labute approximate surface area is 124 Å². The summed E-state index contributed by atoms with van der Waals surface area (Å²) in [4.78, 5) is 11.6. The van der Waals surface area contributed by atoms with Gasteiger partial charge in [0.1, 0.15) is 11.3 Å². The van der Waals surface area contributed by atoms with Gasteiger partial charge in [0.25, 0.3) is 0 Å². The van der Waals surface area contributed by atoms with Crippen molar-refractivity contribution in [1.29, 1.82) is 0 Å². The second kappa shape index (κ2) is 5.70. The van der Waals surface area contributed by atoms with Crippen molar-refractivity contribution in [1.82, 2.24) is 19.4 Å². The van der Waals surface area contributed by atoms with Crippen LogP contribution in [-0.4, -0.2) is 39.1 Å². The van der Waals surface area contributed by atoms with E-state index in [2.05, 4.69) is 26.4 Å². The first-order valence-electron chi connectivity index (χ1n) is 7.36. The van der Waals surface area contributed by atoms with E-state index in [1.807, 2.05) is 25.3 Å². The Morgan fingerprint density at radius 3 is 3.05 bits per heavy atom. The normalized spacial score (nSPS) is 21.6. The summed E-state index contributed by atoms with van der Waals surface area (Å²) in [6.45, 7) is 8.68. The largest absolute Gasteiger partial charge is 0.311 e. The van der Waals surface area contributed by atoms with E-state index in [4.69, 9.17) is 11.6 Å². The fourth-order valence-electron chi connectivity index (χ4n) is 3.07. The lowest BCUT2D eigenvalue weighted by Crippen LogP contribution is -2.22. The van der Waals surface area contributed by atoms with Crippen molar-refractivity contribution in [2.45, 2.75) is 32.2 Å². The molecular weight excluding hydrogens is 272 g/mol. The molecule has 2 atom stereocenters. The van der Waals surface area contributed by atoms with Crippen LogP contribution in [0.1, 0.15) is 31.5 Å². The molecule has 2 aromatic rings. The third-order valence-corrected chi connectivity index (χ3v) is 4.34. The minimum absolute atomic E-state index is 0.0899. The summed E-state index contributed by atoms with van der Waals surface area (Å²) >= 11 is 6.30. The van der Waals surface area contributed by atoms with Gasteiger partial charge in [-0.2, -0.15) is 0 Å². The zero-order chi connectivity index (χ0) is 14.1. The number of halogens is 1. The number of nitrogens with zero attached hydrogens (tertiary/aromatic N) is 4. The highest BCUT2D eigenvalue weighted by Gasteiger charge is 2.24. The molecule has 3 heterocycles. The summed E-state index contributed by atoms with van der Waals surface area (Å²) < 4.78 is 2.22. The highest BCUT2D eigenvalue weighted by molar-refractivity contribution is 6.20. The van der Waals surface area contributed by atoms with Gasteiger partial charge in [-0.25, -0.2) is 9.97 Å². The number of imidazole rings is 1. The Morgan fingerprint density at radius 1 is 1.50 bits per heavy atom. The van der Waals surface area contributed by atoms with Crippen molar-refractivity contribution in [3.63, 3.8) is 0 Å². The molecule has 4 nitrogen and oxygen atoms in total. The average molecular weight is 293 g/mol. The van der Waals surface area contributed by atoms with Crippen molar-refractivity contribution >= 4 is 22.8 Å². The maximum atomic E-state index is 6.30. The van der Waals surface area contributed by atoms with E-state index >= 15 is 0 Å². The summed E-state index contributed by atoms with van der Waals surface area (Å²) in [6, 6.07) is 3.94. The van der Waals surface area contributed by atoms with Crippen LogP contribution in [0, 0.1) is 5.92 Å². The molecular formula is C15H21ClN4. The number of alkyl halides is 1. The number of pyridine rings is 1. The van der Waals surface area contributed by atoms with Crippen LogP contribution in [0.3, 0.4) is 0 Å². The van der Waals surface area contributed by atoms with E-state index in [0.29, 0.717) is 5.92 Å². The van der Waals surface area contributed by atoms with E-state index < -0.39 is 0 Å². The number of aromatic nitrogens is 3. The lowest BCUT2D eigenvalue weighted by atomic mass is 10.1. The van der Waals surface area contributed by atoms with Crippen molar-refractivity contribution < 1.29 is 0 Å². The van der Waals surface area contributed by atoms with Crippen LogP contribution >= 0.6 is 11.6 Å². The molecule has 0 N–H and O–H groups in total. The van der Waals surface area contributed by atoms with Crippen molar-refractivity contribution in [2.24, 2.45) is 5.92 Å². The molecule has 2 aromatic heterocycles. The summed E-state index contributed by atoms with van der Waals surface area (Å²) in [5.74, 6) is 1.61. The molecule has 0 amide bonds. The molecule has 0 aliphatic carbocycles. The van der Waals surface area contributed by atoms with Crippen LogP contribution in [0.5, 0.6) is 0 Å². The molecule has 1 saturated heterocycles. The molecule has 108 valence electrons. The maximum Gasteiger partial charge on any atom is 0.160 e. The summed E-state index contributed by atoms with van der Waals surface area (Å²) in [6.07, 6.45) is 3.08. The van der Waals surface area contributed by atoms with Gasteiger partial charge in [0.15, 0.2) is 5.65 Å². The molecule has 3 rings (SSSR count). The SMILES string of the molecule is CCN1CCC(Cn2c(C(C)Cl)nc3cccnc32)C1. The predicted octanol–water partition coefficient (Wildman–Crippen LogP) is 3.07. The summed E-state index contributed by atoms with van der Waals surface area (Å²) in [5, 5.41) is -0.0899. The molecule has 2 unspecified atom stereocenters. The number of rotatable bonds is 4. The number of likely N-dealkylation sites (tertiary alicyclic amines) is 1. The van der Waals surface area contributed by atoms with E-state index in [0.717, 1.165) is 30.1 Å². The third-order valence-electron chi connectivity index (χ3n) is 4.15. The molecule has 20 heavy (non-hydrogen) atoms. The first kappa shape index (κ1) is 13.8. The Morgan fingerprint density at radius 2 is 2.35 bits per heavy atom. The molecule has 1 fully saturated rings. The molecule has 0 aromatic carbocycles. The zero-order valence-electron chi connectivity index (χ0n) is 12.1. The van der Waals surface area contributed by atoms with Crippen LogP contribution < -0.4 is 0 Å². The topological polar surface area (TPSA) is 34.0 Å². The Bertz CT molecular complexity index is 593. The van der Waals surface area contributed by atoms with E-state index in [1.165, 1.54) is 19.5 Å². The van der Waals surface area contributed by atoms with Crippen molar-refractivity contribution in [2.75, 3.05) is 19.6 Å². The van der Waals surface area contributed by atoms with Gasteiger partial charge in [0.05, 0.1) is 5.38 Å². The summed E-state index contributed by atoms with van der Waals surface area (Å²) in [5.41, 5.74) is 1.91. The third kappa shape index (κ3) is 2.54. The van der Waals surface area contributed by atoms with E-state index in [1.54, 1.807) is 0 Å². The van der Waals surface area contributed by atoms with Crippen LogP contribution in [0.15, 0.2) is 18.3 Å².